The summed E-state index contributed by atoms with van der Waals surface area (Å²) in [7, 11) is 4.88. The summed E-state index contributed by atoms with van der Waals surface area (Å²) in [6, 6.07) is 12.0. The number of fused-ring (bicyclic) bond motifs is 4. The Hall–Kier alpha value is -2.60. The monoisotopic (exact) mass is 340 g/mol. The molecular formula is C18H16N2O3S. The van der Waals surface area contributed by atoms with E-state index in [0.717, 1.165) is 32.1 Å². The summed E-state index contributed by atoms with van der Waals surface area (Å²) in [6.45, 7) is 0. The van der Waals surface area contributed by atoms with Gasteiger partial charge >= 0.3 is 0 Å². The summed E-state index contributed by atoms with van der Waals surface area (Å²) in [5.74, 6) is 1.89. The first-order chi connectivity index (χ1) is 11.7. The van der Waals surface area contributed by atoms with Gasteiger partial charge in [-0.15, -0.1) is 0 Å². The topological polar surface area (TPSA) is 55.8 Å². The normalized spacial score (nSPS) is 12.9. The third-order valence-corrected chi connectivity index (χ3v) is 5.04. The smallest absolute Gasteiger partial charge is 0.222 e. The molecule has 0 aliphatic carbocycles. The molecule has 122 valence electrons. The fourth-order valence-corrected chi connectivity index (χ4v) is 3.88. The van der Waals surface area contributed by atoms with Crippen LogP contribution in [0, 0.1) is 0 Å². The van der Waals surface area contributed by atoms with Crippen molar-refractivity contribution in [2.45, 2.75) is 9.92 Å². The van der Waals surface area contributed by atoms with Gasteiger partial charge in [-0.3, -0.25) is 0 Å². The van der Waals surface area contributed by atoms with Crippen LogP contribution in [0.3, 0.4) is 0 Å². The van der Waals surface area contributed by atoms with Crippen molar-refractivity contribution in [3.05, 3.63) is 42.0 Å². The minimum Gasteiger partial charge on any atom is -0.493 e. The van der Waals surface area contributed by atoms with E-state index in [0.29, 0.717) is 17.4 Å². The lowest BCUT2D eigenvalue weighted by Gasteiger charge is -2.13. The zero-order chi connectivity index (χ0) is 16.7. The van der Waals surface area contributed by atoms with Crippen LogP contribution in [0.15, 0.2) is 51.3 Å². The first-order valence-electron chi connectivity index (χ1n) is 7.42. The van der Waals surface area contributed by atoms with Gasteiger partial charge in [-0.05, 0) is 18.2 Å². The highest BCUT2D eigenvalue weighted by Crippen LogP contribution is 2.46. The standard InChI is InChI=1S/C18H16N2O3S/c1-21-13-8-11-15(9-14(13)22-2)24-18-16(20-17(11)23-3)10-6-4-5-7-12(10)19-18/h4-9,19H,1-3H3. The lowest BCUT2D eigenvalue weighted by molar-refractivity contribution is 0.353. The van der Waals surface area contributed by atoms with Gasteiger partial charge in [0.2, 0.25) is 5.90 Å². The zero-order valence-corrected chi connectivity index (χ0v) is 14.4. The molecule has 0 amide bonds. The van der Waals surface area contributed by atoms with Crippen LogP contribution in [0.2, 0.25) is 0 Å². The molecule has 0 unspecified atom stereocenters. The number of nitrogens with one attached hydrogen (secondary N) is 1. The second-order valence-electron chi connectivity index (χ2n) is 5.27. The van der Waals surface area contributed by atoms with Gasteiger partial charge in [-0.1, -0.05) is 30.0 Å². The molecule has 0 radical (unpaired) electrons. The van der Waals surface area contributed by atoms with E-state index in [-0.39, 0.29) is 0 Å². The molecule has 0 bridgehead atoms. The summed E-state index contributed by atoms with van der Waals surface area (Å²) >= 11 is 1.61. The first kappa shape index (κ1) is 15.0. The molecule has 1 aromatic heterocycles. The van der Waals surface area contributed by atoms with Crippen LogP contribution in [0.5, 0.6) is 11.5 Å². The van der Waals surface area contributed by atoms with Gasteiger partial charge in [-0.25, -0.2) is 4.99 Å². The van der Waals surface area contributed by atoms with Crippen LogP contribution >= 0.6 is 11.8 Å². The molecule has 5 nitrogen and oxygen atoms in total. The summed E-state index contributed by atoms with van der Waals surface area (Å²) in [5, 5.41) is 2.05. The molecule has 0 fully saturated rings. The van der Waals surface area contributed by atoms with Gasteiger partial charge in [0, 0.05) is 15.8 Å². The van der Waals surface area contributed by atoms with Gasteiger partial charge < -0.3 is 19.2 Å². The van der Waals surface area contributed by atoms with Gasteiger partial charge in [0.25, 0.3) is 0 Å². The van der Waals surface area contributed by atoms with E-state index < -0.39 is 0 Å². The average Bonchev–Trinajstić information content (AvgIpc) is 2.88. The van der Waals surface area contributed by atoms with E-state index in [2.05, 4.69) is 11.1 Å². The number of aromatic amines is 1. The SMILES string of the molecule is COC1=Nc2c([nH]c3ccccc23)Sc2cc(OC)c(OC)cc21. The lowest BCUT2D eigenvalue weighted by atomic mass is 10.2. The van der Waals surface area contributed by atoms with Crippen molar-refractivity contribution >= 4 is 34.2 Å². The maximum Gasteiger partial charge on any atom is 0.222 e. The molecule has 0 saturated carbocycles. The average molecular weight is 340 g/mol. The highest BCUT2D eigenvalue weighted by Gasteiger charge is 2.24. The van der Waals surface area contributed by atoms with Crippen molar-refractivity contribution in [1.82, 2.24) is 4.98 Å². The lowest BCUT2D eigenvalue weighted by Crippen LogP contribution is -2.05. The van der Waals surface area contributed by atoms with Crippen molar-refractivity contribution in [2.24, 2.45) is 4.99 Å². The second-order valence-corrected chi connectivity index (χ2v) is 6.33. The van der Waals surface area contributed by atoms with Crippen LogP contribution in [-0.2, 0) is 4.74 Å². The Labute approximate surface area is 143 Å². The molecule has 0 saturated heterocycles. The summed E-state index contributed by atoms with van der Waals surface area (Å²) < 4.78 is 16.4. The number of hydrogen-bond donors (Lipinski definition) is 1. The van der Waals surface area contributed by atoms with Crippen molar-refractivity contribution < 1.29 is 14.2 Å². The zero-order valence-electron chi connectivity index (χ0n) is 13.5. The van der Waals surface area contributed by atoms with E-state index in [1.54, 1.807) is 33.1 Å². The molecule has 24 heavy (non-hydrogen) atoms. The highest BCUT2D eigenvalue weighted by molar-refractivity contribution is 7.99. The number of ether oxygens (including phenoxy) is 3. The molecule has 6 heteroatoms. The Morgan fingerprint density at radius 2 is 1.71 bits per heavy atom. The molecule has 3 aromatic rings. The quantitative estimate of drug-likeness (QED) is 0.752. The summed E-state index contributed by atoms with van der Waals surface area (Å²) in [6.07, 6.45) is 0. The molecule has 0 atom stereocenters. The van der Waals surface area contributed by atoms with Gasteiger partial charge in [-0.2, -0.15) is 0 Å². The number of methoxy groups -OCH3 is 3. The predicted octanol–water partition coefficient (Wildman–Crippen LogP) is 4.37. The number of rotatable bonds is 2. The third-order valence-electron chi connectivity index (χ3n) is 3.98. The van der Waals surface area contributed by atoms with Crippen molar-refractivity contribution in [1.29, 1.82) is 0 Å². The number of para-hydroxylation sites is 1. The van der Waals surface area contributed by atoms with Gasteiger partial charge in [0.05, 0.1) is 26.9 Å². The van der Waals surface area contributed by atoms with Crippen LogP contribution in [0.25, 0.3) is 10.9 Å². The first-order valence-corrected chi connectivity index (χ1v) is 8.24. The fraction of sp³-hybridized carbons (Fsp3) is 0.167. The van der Waals surface area contributed by atoms with Crippen LogP contribution in [-0.4, -0.2) is 32.2 Å². The Kier molecular flexibility index (Phi) is 3.61. The molecule has 4 rings (SSSR count). The summed E-state index contributed by atoms with van der Waals surface area (Å²) in [5.41, 5.74) is 2.83. The van der Waals surface area contributed by atoms with E-state index in [1.807, 2.05) is 30.3 Å². The van der Waals surface area contributed by atoms with Crippen molar-refractivity contribution in [3.63, 3.8) is 0 Å². The minimum absolute atomic E-state index is 0.557. The molecule has 0 spiro atoms. The Balaban J connectivity index is 1.98. The Morgan fingerprint density at radius 1 is 0.958 bits per heavy atom. The number of nitrogens with zero attached hydrogens (tertiary/aromatic N) is 1. The molecule has 1 aliphatic heterocycles. The van der Waals surface area contributed by atoms with Gasteiger partial charge in [0.15, 0.2) is 11.5 Å². The maximum absolute atomic E-state index is 5.57. The van der Waals surface area contributed by atoms with Crippen LogP contribution in [0.1, 0.15) is 5.56 Å². The minimum atomic E-state index is 0.557. The number of aliphatic imine (C=N–C) groups is 1. The fourth-order valence-electron chi connectivity index (χ4n) is 2.83. The van der Waals surface area contributed by atoms with E-state index in [1.165, 1.54) is 0 Å². The van der Waals surface area contributed by atoms with E-state index >= 15 is 0 Å². The molecule has 1 aliphatic rings. The number of aromatic nitrogens is 1. The van der Waals surface area contributed by atoms with Crippen LogP contribution in [0.4, 0.5) is 5.69 Å². The Bertz CT molecular complexity index is 962. The van der Waals surface area contributed by atoms with Crippen molar-refractivity contribution in [2.75, 3.05) is 21.3 Å². The predicted molar refractivity (Wildman–Crippen MR) is 95.2 cm³/mol. The van der Waals surface area contributed by atoms with E-state index in [4.69, 9.17) is 19.2 Å². The maximum atomic E-state index is 5.57. The number of hydrogen-bond acceptors (Lipinski definition) is 5. The Morgan fingerprint density at radius 3 is 2.46 bits per heavy atom. The van der Waals surface area contributed by atoms with Crippen molar-refractivity contribution in [3.8, 4) is 11.5 Å². The van der Waals surface area contributed by atoms with Gasteiger partial charge in [0.1, 0.15) is 10.7 Å². The molecule has 1 N–H and O–H groups in total. The molecule has 2 aromatic carbocycles. The largest absolute Gasteiger partial charge is 0.493 e. The highest BCUT2D eigenvalue weighted by atomic mass is 32.2. The summed E-state index contributed by atoms with van der Waals surface area (Å²) in [4.78, 5) is 9.20. The van der Waals surface area contributed by atoms with E-state index in [9.17, 15) is 0 Å². The van der Waals surface area contributed by atoms with Crippen LogP contribution < -0.4 is 9.47 Å². The number of H-pyrrole nitrogens is 1. The molecular weight excluding hydrogens is 324 g/mol. The molecule has 2 heterocycles. The second kappa shape index (κ2) is 5.79. The third kappa shape index (κ3) is 2.22. The number of benzene rings is 2.